The first-order valence-electron chi connectivity index (χ1n) is 9.74. The number of aryl methyl sites for hydroxylation is 2. The van der Waals surface area contributed by atoms with Crippen LogP contribution < -0.4 is 4.74 Å². The predicted octanol–water partition coefficient (Wildman–Crippen LogP) is 3.79. The van der Waals surface area contributed by atoms with Crippen LogP contribution in [0.1, 0.15) is 29.3 Å². The van der Waals surface area contributed by atoms with Crippen LogP contribution in [0, 0.1) is 12.7 Å². The predicted molar refractivity (Wildman–Crippen MR) is 116 cm³/mol. The van der Waals surface area contributed by atoms with E-state index in [1.54, 1.807) is 24.3 Å². The van der Waals surface area contributed by atoms with Crippen LogP contribution in [0.5, 0.6) is 5.75 Å². The molecule has 0 aliphatic carbocycles. The van der Waals surface area contributed by atoms with Gasteiger partial charge in [0.1, 0.15) is 17.1 Å². The minimum absolute atomic E-state index is 0.188. The van der Waals surface area contributed by atoms with Crippen LogP contribution in [0.2, 0.25) is 0 Å². The maximum absolute atomic E-state index is 14.6. The van der Waals surface area contributed by atoms with E-state index in [1.807, 2.05) is 13.8 Å². The van der Waals surface area contributed by atoms with Crippen LogP contribution in [-0.2, 0) is 32.2 Å². The Labute approximate surface area is 180 Å². The molecule has 0 aliphatic heterocycles. The van der Waals surface area contributed by atoms with Crippen LogP contribution in [0.3, 0.4) is 0 Å². The van der Waals surface area contributed by atoms with Gasteiger partial charge in [0.2, 0.25) is 0 Å². The van der Waals surface area contributed by atoms with E-state index < -0.39 is 21.6 Å². The number of methoxy groups -OCH3 is 1. The number of carbonyl (C=O) groups is 1. The van der Waals surface area contributed by atoms with E-state index in [-0.39, 0.29) is 17.0 Å². The van der Waals surface area contributed by atoms with Crippen LogP contribution in [0.15, 0.2) is 41.3 Å². The minimum Gasteiger partial charge on any atom is -0.481 e. The second-order valence-corrected chi connectivity index (χ2v) is 9.26. The van der Waals surface area contributed by atoms with Crippen molar-refractivity contribution in [1.29, 1.82) is 0 Å². The van der Waals surface area contributed by atoms with Gasteiger partial charge < -0.3 is 9.47 Å². The number of rotatable bonds is 7. The lowest BCUT2D eigenvalue weighted by Gasteiger charge is -2.17. The maximum Gasteiger partial charge on any atom is 0.343 e. The fourth-order valence-electron chi connectivity index (χ4n) is 3.49. The van der Waals surface area contributed by atoms with Gasteiger partial charge in [-0.25, -0.2) is 22.6 Å². The van der Waals surface area contributed by atoms with Crippen molar-refractivity contribution in [3.8, 4) is 5.75 Å². The van der Waals surface area contributed by atoms with Crippen molar-refractivity contribution in [3.05, 3.63) is 64.6 Å². The van der Waals surface area contributed by atoms with Crippen LogP contribution >= 0.6 is 0 Å². The third kappa shape index (κ3) is 4.85. The molecule has 0 N–H and O–H groups in total. The van der Waals surface area contributed by atoms with E-state index in [0.29, 0.717) is 24.0 Å². The number of halogens is 1. The van der Waals surface area contributed by atoms with Gasteiger partial charge in [-0.05, 0) is 60.7 Å². The SMILES string of the molecule is CCc1nc2c(F)ccc(OCC(=O)OC)c2c(C)c1Cc1ccc(S(C)(=O)=O)cc1. The molecule has 31 heavy (non-hydrogen) atoms. The fourth-order valence-corrected chi connectivity index (χ4v) is 4.12. The Bertz CT molecular complexity index is 1240. The summed E-state index contributed by atoms with van der Waals surface area (Å²) < 4.78 is 48.2. The molecule has 0 spiro atoms. The topological polar surface area (TPSA) is 82.6 Å². The van der Waals surface area contributed by atoms with Crippen LogP contribution in [-0.4, -0.2) is 39.3 Å². The molecular weight excluding hydrogens is 421 g/mol. The third-order valence-electron chi connectivity index (χ3n) is 5.15. The molecule has 164 valence electrons. The summed E-state index contributed by atoms with van der Waals surface area (Å²) in [6.07, 6.45) is 2.26. The Morgan fingerprint density at radius 3 is 2.39 bits per heavy atom. The van der Waals surface area contributed by atoms with Crippen molar-refractivity contribution in [2.24, 2.45) is 0 Å². The lowest BCUT2D eigenvalue weighted by atomic mass is 9.94. The molecular formula is C23H24FNO5S. The third-order valence-corrected chi connectivity index (χ3v) is 6.28. The molecule has 0 atom stereocenters. The average molecular weight is 446 g/mol. The fraction of sp³-hybridized carbons (Fsp3) is 0.304. The van der Waals surface area contributed by atoms with Crippen molar-refractivity contribution in [1.82, 2.24) is 4.98 Å². The molecule has 0 amide bonds. The lowest BCUT2D eigenvalue weighted by Crippen LogP contribution is -2.13. The summed E-state index contributed by atoms with van der Waals surface area (Å²) in [4.78, 5) is 16.3. The van der Waals surface area contributed by atoms with Crippen molar-refractivity contribution >= 4 is 26.7 Å². The highest BCUT2D eigenvalue weighted by molar-refractivity contribution is 7.90. The van der Waals surface area contributed by atoms with E-state index in [2.05, 4.69) is 9.72 Å². The smallest absolute Gasteiger partial charge is 0.343 e. The zero-order chi connectivity index (χ0) is 22.8. The maximum atomic E-state index is 14.6. The van der Waals surface area contributed by atoms with Gasteiger partial charge in [0.05, 0.1) is 12.0 Å². The largest absolute Gasteiger partial charge is 0.481 e. The van der Waals surface area contributed by atoms with Gasteiger partial charge in [-0.2, -0.15) is 0 Å². The molecule has 0 unspecified atom stereocenters. The van der Waals surface area contributed by atoms with E-state index in [1.165, 1.54) is 25.5 Å². The quantitative estimate of drug-likeness (QED) is 0.515. The van der Waals surface area contributed by atoms with Crippen molar-refractivity contribution in [3.63, 3.8) is 0 Å². The molecule has 3 aromatic rings. The number of pyridine rings is 1. The number of benzene rings is 2. The van der Waals surface area contributed by atoms with E-state index in [9.17, 15) is 17.6 Å². The summed E-state index contributed by atoms with van der Waals surface area (Å²) in [6, 6.07) is 9.42. The number of hydrogen-bond donors (Lipinski definition) is 0. The van der Waals surface area contributed by atoms with E-state index >= 15 is 0 Å². The molecule has 0 fully saturated rings. The second-order valence-electron chi connectivity index (χ2n) is 7.24. The molecule has 8 heteroatoms. The van der Waals surface area contributed by atoms with Crippen molar-refractivity contribution in [2.75, 3.05) is 20.0 Å². The standard InChI is InChI=1S/C23H24FNO5S/c1-5-19-17(12-15-6-8-16(9-7-15)31(4,27)28)14(2)22-20(30-13-21(26)29-3)11-10-18(24)23(22)25-19/h6-11H,5,12-13H2,1-4H3. The zero-order valence-corrected chi connectivity index (χ0v) is 18.7. The van der Waals surface area contributed by atoms with E-state index in [0.717, 1.165) is 22.4 Å². The monoisotopic (exact) mass is 445 g/mol. The molecule has 3 rings (SSSR count). The number of aromatic nitrogens is 1. The molecule has 6 nitrogen and oxygen atoms in total. The Morgan fingerprint density at radius 2 is 1.81 bits per heavy atom. The highest BCUT2D eigenvalue weighted by Gasteiger charge is 2.19. The van der Waals surface area contributed by atoms with Gasteiger partial charge in [-0.3, -0.25) is 0 Å². The molecule has 0 radical (unpaired) electrons. The molecule has 1 heterocycles. The second kappa shape index (κ2) is 9.01. The zero-order valence-electron chi connectivity index (χ0n) is 17.9. The summed E-state index contributed by atoms with van der Waals surface area (Å²) in [5.74, 6) is -0.662. The summed E-state index contributed by atoms with van der Waals surface area (Å²) in [5.41, 5.74) is 3.55. The Morgan fingerprint density at radius 1 is 1.13 bits per heavy atom. The summed E-state index contributed by atoms with van der Waals surface area (Å²) >= 11 is 0. The highest BCUT2D eigenvalue weighted by atomic mass is 32.2. The first kappa shape index (κ1) is 22.7. The van der Waals surface area contributed by atoms with Crippen LogP contribution in [0.25, 0.3) is 10.9 Å². The Kier molecular flexibility index (Phi) is 6.59. The summed E-state index contributed by atoms with van der Waals surface area (Å²) in [6.45, 7) is 3.52. The lowest BCUT2D eigenvalue weighted by molar-refractivity contribution is -0.142. The van der Waals surface area contributed by atoms with Gasteiger partial charge in [-0.15, -0.1) is 0 Å². The molecule has 1 aromatic heterocycles. The minimum atomic E-state index is -3.28. The number of fused-ring (bicyclic) bond motifs is 1. The Hall–Kier alpha value is -3.00. The van der Waals surface area contributed by atoms with Gasteiger partial charge >= 0.3 is 5.97 Å². The number of ether oxygens (including phenoxy) is 2. The molecule has 0 aliphatic rings. The van der Waals surface area contributed by atoms with Gasteiger partial charge in [0.15, 0.2) is 16.4 Å². The van der Waals surface area contributed by atoms with E-state index in [4.69, 9.17) is 4.74 Å². The van der Waals surface area contributed by atoms with Gasteiger partial charge in [0, 0.05) is 17.3 Å². The van der Waals surface area contributed by atoms with Gasteiger partial charge in [0.25, 0.3) is 0 Å². The summed E-state index contributed by atoms with van der Waals surface area (Å²) in [5, 5.41) is 0.504. The number of carbonyl (C=O) groups excluding carboxylic acids is 1. The van der Waals surface area contributed by atoms with Crippen LogP contribution in [0.4, 0.5) is 4.39 Å². The molecule has 0 saturated carbocycles. The number of nitrogens with zero attached hydrogens (tertiary/aromatic N) is 1. The normalized spacial score (nSPS) is 11.5. The number of hydrogen-bond acceptors (Lipinski definition) is 6. The number of esters is 1. The first-order valence-corrected chi connectivity index (χ1v) is 11.6. The first-order chi connectivity index (χ1) is 14.7. The highest BCUT2D eigenvalue weighted by Crippen LogP contribution is 2.34. The Balaban J connectivity index is 2.10. The molecule has 0 saturated heterocycles. The molecule has 2 aromatic carbocycles. The average Bonchev–Trinajstić information content (AvgIpc) is 2.74. The summed E-state index contributed by atoms with van der Waals surface area (Å²) in [7, 11) is -2.01. The van der Waals surface area contributed by atoms with Crippen molar-refractivity contribution in [2.45, 2.75) is 31.6 Å². The van der Waals surface area contributed by atoms with Gasteiger partial charge in [-0.1, -0.05) is 19.1 Å². The van der Waals surface area contributed by atoms with Crippen molar-refractivity contribution < 1.29 is 27.1 Å². The molecule has 0 bridgehead atoms. The number of sulfone groups is 1.